The van der Waals surface area contributed by atoms with Gasteiger partial charge in [-0.05, 0) is 61.5 Å². The van der Waals surface area contributed by atoms with E-state index in [1.54, 1.807) is 56.7 Å². The van der Waals surface area contributed by atoms with Crippen molar-refractivity contribution in [1.29, 1.82) is 0 Å². The van der Waals surface area contributed by atoms with Crippen molar-refractivity contribution in [3.8, 4) is 17.2 Å². The van der Waals surface area contributed by atoms with E-state index in [-0.39, 0.29) is 5.91 Å². The van der Waals surface area contributed by atoms with E-state index >= 15 is 0 Å². The maximum Gasteiger partial charge on any atom is 0.255 e. The molecule has 0 heterocycles. The second kappa shape index (κ2) is 8.95. The van der Waals surface area contributed by atoms with Gasteiger partial charge in [0.2, 0.25) is 0 Å². The van der Waals surface area contributed by atoms with Gasteiger partial charge in [-0.15, -0.1) is 0 Å². The Morgan fingerprint density at radius 1 is 0.857 bits per heavy atom. The number of rotatable bonds is 7. The Balaban J connectivity index is 1.73. The molecule has 0 aliphatic carbocycles. The van der Waals surface area contributed by atoms with Crippen LogP contribution in [0.3, 0.4) is 0 Å². The zero-order valence-corrected chi connectivity index (χ0v) is 16.2. The summed E-state index contributed by atoms with van der Waals surface area (Å²) in [5.41, 5.74) is 3.19. The molecule has 5 heteroatoms. The van der Waals surface area contributed by atoms with Crippen molar-refractivity contribution < 1.29 is 19.0 Å². The number of nitrogens with one attached hydrogen (secondary N) is 1. The Labute approximate surface area is 164 Å². The van der Waals surface area contributed by atoms with Gasteiger partial charge in [-0.1, -0.05) is 17.7 Å². The van der Waals surface area contributed by atoms with E-state index in [0.717, 1.165) is 17.1 Å². The largest absolute Gasteiger partial charge is 0.497 e. The van der Waals surface area contributed by atoms with Crippen molar-refractivity contribution in [1.82, 2.24) is 0 Å². The Bertz CT molecular complexity index is 934. The smallest absolute Gasteiger partial charge is 0.255 e. The summed E-state index contributed by atoms with van der Waals surface area (Å²) in [6.07, 6.45) is 0. The molecule has 0 bridgehead atoms. The first-order chi connectivity index (χ1) is 13.6. The minimum atomic E-state index is -0.204. The van der Waals surface area contributed by atoms with Crippen molar-refractivity contribution in [3.63, 3.8) is 0 Å². The summed E-state index contributed by atoms with van der Waals surface area (Å²) in [6.45, 7) is 2.33. The highest BCUT2D eigenvalue weighted by atomic mass is 16.5. The molecule has 3 rings (SSSR count). The Morgan fingerprint density at radius 3 is 2.18 bits per heavy atom. The summed E-state index contributed by atoms with van der Waals surface area (Å²) in [4.78, 5) is 12.6. The van der Waals surface area contributed by atoms with Crippen LogP contribution in [0.25, 0.3) is 0 Å². The van der Waals surface area contributed by atoms with E-state index in [0.29, 0.717) is 23.6 Å². The van der Waals surface area contributed by atoms with Crippen LogP contribution in [0.5, 0.6) is 17.2 Å². The van der Waals surface area contributed by atoms with Gasteiger partial charge in [0.15, 0.2) is 0 Å². The van der Waals surface area contributed by atoms with Crippen LogP contribution in [0.2, 0.25) is 0 Å². The number of ether oxygens (including phenoxy) is 3. The maximum atomic E-state index is 12.6. The fourth-order valence-electron chi connectivity index (χ4n) is 2.71. The first-order valence-corrected chi connectivity index (χ1v) is 8.91. The van der Waals surface area contributed by atoms with Crippen LogP contribution in [-0.2, 0) is 6.61 Å². The highest BCUT2D eigenvalue weighted by Crippen LogP contribution is 2.23. The number of methoxy groups -OCH3 is 2. The van der Waals surface area contributed by atoms with Crippen molar-refractivity contribution >= 4 is 11.6 Å². The number of hydrogen-bond donors (Lipinski definition) is 1. The third kappa shape index (κ3) is 4.82. The van der Waals surface area contributed by atoms with Crippen LogP contribution in [0.4, 0.5) is 5.69 Å². The lowest BCUT2D eigenvalue weighted by Crippen LogP contribution is -2.12. The van der Waals surface area contributed by atoms with E-state index in [2.05, 4.69) is 5.32 Å². The minimum Gasteiger partial charge on any atom is -0.497 e. The number of amides is 1. The summed E-state index contributed by atoms with van der Waals surface area (Å²) in [6, 6.07) is 20.3. The van der Waals surface area contributed by atoms with Crippen LogP contribution < -0.4 is 19.5 Å². The Morgan fingerprint density at radius 2 is 1.54 bits per heavy atom. The predicted molar refractivity (Wildman–Crippen MR) is 109 cm³/mol. The first-order valence-electron chi connectivity index (χ1n) is 8.91. The van der Waals surface area contributed by atoms with Gasteiger partial charge in [0, 0.05) is 16.8 Å². The molecule has 0 unspecified atom stereocenters. The highest BCUT2D eigenvalue weighted by molar-refractivity contribution is 6.04. The van der Waals surface area contributed by atoms with Crippen molar-refractivity contribution in [2.45, 2.75) is 13.5 Å². The predicted octanol–water partition coefficient (Wildman–Crippen LogP) is 4.84. The molecule has 3 aromatic rings. The molecule has 0 spiro atoms. The molecule has 144 valence electrons. The Kier molecular flexibility index (Phi) is 6.17. The van der Waals surface area contributed by atoms with E-state index in [1.165, 1.54) is 5.56 Å². The third-order valence-electron chi connectivity index (χ3n) is 4.31. The third-order valence-corrected chi connectivity index (χ3v) is 4.31. The molecule has 1 N–H and O–H groups in total. The van der Waals surface area contributed by atoms with Crippen molar-refractivity contribution in [2.75, 3.05) is 19.5 Å². The van der Waals surface area contributed by atoms with Crippen LogP contribution in [0.15, 0.2) is 66.7 Å². The highest BCUT2D eigenvalue weighted by Gasteiger charge is 2.11. The molecule has 0 saturated heterocycles. The number of aryl methyl sites for hydroxylation is 1. The fraction of sp³-hybridized carbons (Fsp3) is 0.174. The van der Waals surface area contributed by atoms with Gasteiger partial charge in [0.25, 0.3) is 5.91 Å². The quantitative estimate of drug-likeness (QED) is 0.640. The van der Waals surface area contributed by atoms with E-state index < -0.39 is 0 Å². The zero-order chi connectivity index (χ0) is 19.9. The Hall–Kier alpha value is -3.47. The van der Waals surface area contributed by atoms with Gasteiger partial charge >= 0.3 is 0 Å². The topological polar surface area (TPSA) is 56.8 Å². The SMILES string of the molecule is COc1ccc(NC(=O)c2ccc(OC)c(COc3ccc(C)cc3)c2)cc1. The molecule has 0 radical (unpaired) electrons. The van der Waals surface area contributed by atoms with Crippen LogP contribution >= 0.6 is 0 Å². The van der Waals surface area contributed by atoms with Gasteiger partial charge in [-0.25, -0.2) is 0 Å². The molecule has 28 heavy (non-hydrogen) atoms. The number of benzene rings is 3. The summed E-state index contributed by atoms with van der Waals surface area (Å²) >= 11 is 0. The molecule has 5 nitrogen and oxygen atoms in total. The van der Waals surface area contributed by atoms with Gasteiger partial charge < -0.3 is 19.5 Å². The molecule has 1 amide bonds. The van der Waals surface area contributed by atoms with Crippen LogP contribution in [-0.4, -0.2) is 20.1 Å². The van der Waals surface area contributed by atoms with Gasteiger partial charge in [-0.2, -0.15) is 0 Å². The summed E-state index contributed by atoms with van der Waals surface area (Å²) in [5.74, 6) is 1.97. The number of carbonyl (C=O) groups is 1. The lowest BCUT2D eigenvalue weighted by Gasteiger charge is -2.13. The summed E-state index contributed by atoms with van der Waals surface area (Å²) in [7, 11) is 3.20. The van der Waals surface area contributed by atoms with Crippen molar-refractivity contribution in [3.05, 3.63) is 83.4 Å². The molecule has 0 aliphatic rings. The number of carbonyl (C=O) groups excluding carboxylic acids is 1. The van der Waals surface area contributed by atoms with E-state index in [9.17, 15) is 4.79 Å². The number of anilines is 1. The maximum absolute atomic E-state index is 12.6. The number of hydrogen-bond acceptors (Lipinski definition) is 4. The average molecular weight is 377 g/mol. The van der Waals surface area contributed by atoms with Gasteiger partial charge in [-0.3, -0.25) is 4.79 Å². The van der Waals surface area contributed by atoms with Gasteiger partial charge in [0.1, 0.15) is 23.9 Å². The average Bonchev–Trinajstić information content (AvgIpc) is 2.73. The summed E-state index contributed by atoms with van der Waals surface area (Å²) < 4.78 is 16.4. The minimum absolute atomic E-state index is 0.204. The molecule has 0 aromatic heterocycles. The van der Waals surface area contributed by atoms with Crippen LogP contribution in [0, 0.1) is 6.92 Å². The molecular weight excluding hydrogens is 354 g/mol. The van der Waals surface area contributed by atoms with Gasteiger partial charge in [0.05, 0.1) is 14.2 Å². The molecule has 0 aliphatic heterocycles. The normalized spacial score (nSPS) is 10.2. The van der Waals surface area contributed by atoms with Crippen molar-refractivity contribution in [2.24, 2.45) is 0 Å². The lowest BCUT2D eigenvalue weighted by molar-refractivity contribution is 0.102. The monoisotopic (exact) mass is 377 g/mol. The lowest BCUT2D eigenvalue weighted by atomic mass is 10.1. The first kappa shape index (κ1) is 19.3. The zero-order valence-electron chi connectivity index (χ0n) is 16.2. The fourth-order valence-corrected chi connectivity index (χ4v) is 2.71. The molecule has 0 fully saturated rings. The molecule has 3 aromatic carbocycles. The second-order valence-corrected chi connectivity index (χ2v) is 6.31. The van der Waals surface area contributed by atoms with E-state index in [4.69, 9.17) is 14.2 Å². The molecule has 0 saturated carbocycles. The molecular formula is C23H23NO4. The standard InChI is InChI=1S/C23H23NO4/c1-16-4-9-21(10-5-16)28-15-18-14-17(6-13-22(18)27-3)23(25)24-19-7-11-20(26-2)12-8-19/h4-14H,15H2,1-3H3,(H,24,25). The summed E-state index contributed by atoms with van der Waals surface area (Å²) in [5, 5.41) is 2.88. The second-order valence-electron chi connectivity index (χ2n) is 6.31. The molecule has 0 atom stereocenters. The van der Waals surface area contributed by atoms with E-state index in [1.807, 2.05) is 31.2 Å². The van der Waals surface area contributed by atoms with Crippen LogP contribution in [0.1, 0.15) is 21.5 Å².